The van der Waals surface area contributed by atoms with Crippen molar-refractivity contribution in [1.82, 2.24) is 10.2 Å². The first-order valence-corrected chi connectivity index (χ1v) is 6.85. The smallest absolute Gasteiger partial charge is 0.123 e. The number of halogens is 1. The van der Waals surface area contributed by atoms with Gasteiger partial charge in [0, 0.05) is 12.1 Å². The van der Waals surface area contributed by atoms with E-state index in [1.165, 1.54) is 37.9 Å². The van der Waals surface area contributed by atoms with E-state index >= 15 is 0 Å². The molecule has 0 radical (unpaired) electrons. The zero-order chi connectivity index (χ0) is 13.0. The van der Waals surface area contributed by atoms with Gasteiger partial charge in [0.2, 0.25) is 0 Å². The highest BCUT2D eigenvalue weighted by Gasteiger charge is 2.17. The zero-order valence-electron chi connectivity index (χ0n) is 11.3. The summed E-state index contributed by atoms with van der Waals surface area (Å²) in [4.78, 5) is 2.39. The molecule has 0 aliphatic carbocycles. The maximum atomic E-state index is 12.9. The van der Waals surface area contributed by atoms with Crippen LogP contribution in [0.2, 0.25) is 0 Å². The summed E-state index contributed by atoms with van der Waals surface area (Å²) in [5, 5.41) is 3.67. The second kappa shape index (κ2) is 6.30. The van der Waals surface area contributed by atoms with Crippen LogP contribution in [-0.2, 0) is 0 Å². The van der Waals surface area contributed by atoms with E-state index in [1.54, 1.807) is 0 Å². The number of likely N-dealkylation sites (tertiary alicyclic amines) is 1. The third-order valence-electron chi connectivity index (χ3n) is 3.81. The molecule has 2 unspecified atom stereocenters. The SMILES string of the molecule is CC(NC1CCCN(C)CC1)c1ccc(F)cc1. The van der Waals surface area contributed by atoms with E-state index in [-0.39, 0.29) is 5.82 Å². The van der Waals surface area contributed by atoms with Gasteiger partial charge >= 0.3 is 0 Å². The molecule has 1 aromatic rings. The molecular formula is C15H23FN2. The van der Waals surface area contributed by atoms with Crippen molar-refractivity contribution in [1.29, 1.82) is 0 Å². The Kier molecular flexibility index (Phi) is 4.72. The first-order valence-electron chi connectivity index (χ1n) is 6.85. The lowest BCUT2D eigenvalue weighted by Gasteiger charge is -2.22. The van der Waals surface area contributed by atoms with Crippen molar-refractivity contribution in [2.45, 2.75) is 38.3 Å². The van der Waals surface area contributed by atoms with Gasteiger partial charge in [-0.25, -0.2) is 4.39 Å². The van der Waals surface area contributed by atoms with Gasteiger partial charge in [-0.3, -0.25) is 0 Å². The molecule has 0 amide bonds. The lowest BCUT2D eigenvalue weighted by atomic mass is 10.0. The monoisotopic (exact) mass is 250 g/mol. The van der Waals surface area contributed by atoms with Crippen molar-refractivity contribution in [3.05, 3.63) is 35.6 Å². The fraction of sp³-hybridized carbons (Fsp3) is 0.600. The second-order valence-corrected chi connectivity index (χ2v) is 5.37. The second-order valence-electron chi connectivity index (χ2n) is 5.37. The fourth-order valence-corrected chi connectivity index (χ4v) is 2.61. The van der Waals surface area contributed by atoms with Crippen molar-refractivity contribution >= 4 is 0 Å². The molecule has 1 aromatic carbocycles. The van der Waals surface area contributed by atoms with Crippen LogP contribution in [0.4, 0.5) is 4.39 Å². The van der Waals surface area contributed by atoms with Gasteiger partial charge in [-0.05, 0) is 64.0 Å². The third kappa shape index (κ3) is 3.79. The van der Waals surface area contributed by atoms with Gasteiger partial charge in [0.05, 0.1) is 0 Å². The minimum atomic E-state index is -0.165. The molecule has 2 atom stereocenters. The predicted octanol–water partition coefficient (Wildman–Crippen LogP) is 2.96. The van der Waals surface area contributed by atoms with Gasteiger partial charge < -0.3 is 10.2 Å². The Morgan fingerprint density at radius 2 is 1.94 bits per heavy atom. The molecule has 18 heavy (non-hydrogen) atoms. The van der Waals surface area contributed by atoms with E-state index < -0.39 is 0 Å². The van der Waals surface area contributed by atoms with E-state index in [0.29, 0.717) is 12.1 Å². The Bertz CT molecular complexity index is 363. The summed E-state index contributed by atoms with van der Waals surface area (Å²) in [7, 11) is 2.19. The molecule has 1 saturated heterocycles. The molecule has 2 rings (SSSR count). The first kappa shape index (κ1) is 13.5. The van der Waals surface area contributed by atoms with Gasteiger partial charge in [0.1, 0.15) is 5.82 Å². The van der Waals surface area contributed by atoms with Crippen LogP contribution in [0, 0.1) is 5.82 Å². The quantitative estimate of drug-likeness (QED) is 0.887. The van der Waals surface area contributed by atoms with Crippen LogP contribution < -0.4 is 5.32 Å². The van der Waals surface area contributed by atoms with E-state index in [9.17, 15) is 4.39 Å². The Hall–Kier alpha value is -0.930. The molecule has 2 nitrogen and oxygen atoms in total. The summed E-state index contributed by atoms with van der Waals surface area (Å²) in [6, 6.07) is 7.68. The Morgan fingerprint density at radius 1 is 1.22 bits per heavy atom. The average molecular weight is 250 g/mol. The maximum absolute atomic E-state index is 12.9. The number of hydrogen-bond acceptors (Lipinski definition) is 2. The molecule has 1 fully saturated rings. The summed E-state index contributed by atoms with van der Waals surface area (Å²) in [5.41, 5.74) is 1.16. The number of rotatable bonds is 3. The zero-order valence-corrected chi connectivity index (χ0v) is 11.3. The third-order valence-corrected chi connectivity index (χ3v) is 3.81. The molecular weight excluding hydrogens is 227 g/mol. The lowest BCUT2D eigenvalue weighted by molar-refractivity contribution is 0.340. The van der Waals surface area contributed by atoms with Crippen molar-refractivity contribution < 1.29 is 4.39 Å². The topological polar surface area (TPSA) is 15.3 Å². The molecule has 0 bridgehead atoms. The van der Waals surface area contributed by atoms with E-state index in [2.05, 4.69) is 24.2 Å². The van der Waals surface area contributed by atoms with E-state index in [4.69, 9.17) is 0 Å². The number of nitrogens with one attached hydrogen (secondary N) is 1. The van der Waals surface area contributed by atoms with Gasteiger partial charge in [0.25, 0.3) is 0 Å². The molecule has 1 aliphatic heterocycles. The van der Waals surface area contributed by atoms with Gasteiger partial charge in [-0.15, -0.1) is 0 Å². The van der Waals surface area contributed by atoms with Crippen molar-refractivity contribution in [3.63, 3.8) is 0 Å². The minimum absolute atomic E-state index is 0.165. The summed E-state index contributed by atoms with van der Waals surface area (Å²) in [5.74, 6) is -0.165. The molecule has 1 aliphatic rings. The standard InChI is InChI=1S/C15H23FN2/c1-12(13-5-7-14(16)8-6-13)17-15-4-3-10-18(2)11-9-15/h5-8,12,15,17H,3-4,9-11H2,1-2H3. The Balaban J connectivity index is 1.90. The van der Waals surface area contributed by atoms with Crippen molar-refractivity contribution in [2.24, 2.45) is 0 Å². The lowest BCUT2D eigenvalue weighted by Crippen LogP contribution is -2.32. The molecule has 0 saturated carbocycles. The summed E-state index contributed by atoms with van der Waals surface area (Å²) in [6.45, 7) is 4.51. The van der Waals surface area contributed by atoms with Gasteiger partial charge in [-0.1, -0.05) is 12.1 Å². The van der Waals surface area contributed by atoms with Crippen molar-refractivity contribution in [2.75, 3.05) is 20.1 Å². The summed E-state index contributed by atoms with van der Waals surface area (Å²) < 4.78 is 12.9. The highest BCUT2D eigenvalue weighted by molar-refractivity contribution is 5.19. The van der Waals surface area contributed by atoms with Crippen LogP contribution in [-0.4, -0.2) is 31.1 Å². The van der Waals surface area contributed by atoms with Crippen LogP contribution in [0.15, 0.2) is 24.3 Å². The Labute approximate surface area is 109 Å². The highest BCUT2D eigenvalue weighted by Crippen LogP contribution is 2.17. The van der Waals surface area contributed by atoms with Crippen LogP contribution >= 0.6 is 0 Å². The fourth-order valence-electron chi connectivity index (χ4n) is 2.61. The van der Waals surface area contributed by atoms with Crippen LogP contribution in [0.1, 0.15) is 37.8 Å². The largest absolute Gasteiger partial charge is 0.307 e. The molecule has 0 aromatic heterocycles. The minimum Gasteiger partial charge on any atom is -0.307 e. The molecule has 3 heteroatoms. The van der Waals surface area contributed by atoms with Crippen LogP contribution in [0.3, 0.4) is 0 Å². The predicted molar refractivity (Wildman–Crippen MR) is 73.1 cm³/mol. The molecule has 100 valence electrons. The van der Waals surface area contributed by atoms with E-state index in [1.807, 2.05) is 12.1 Å². The molecule has 1 heterocycles. The Morgan fingerprint density at radius 3 is 2.67 bits per heavy atom. The van der Waals surface area contributed by atoms with E-state index in [0.717, 1.165) is 12.1 Å². The van der Waals surface area contributed by atoms with Gasteiger partial charge in [-0.2, -0.15) is 0 Å². The summed E-state index contributed by atoms with van der Waals surface area (Å²) >= 11 is 0. The summed E-state index contributed by atoms with van der Waals surface area (Å²) in [6.07, 6.45) is 3.68. The maximum Gasteiger partial charge on any atom is 0.123 e. The normalized spacial score (nSPS) is 23.6. The number of benzene rings is 1. The molecule has 0 spiro atoms. The van der Waals surface area contributed by atoms with Crippen LogP contribution in [0.25, 0.3) is 0 Å². The highest BCUT2D eigenvalue weighted by atomic mass is 19.1. The van der Waals surface area contributed by atoms with Crippen molar-refractivity contribution in [3.8, 4) is 0 Å². The van der Waals surface area contributed by atoms with Crippen LogP contribution in [0.5, 0.6) is 0 Å². The first-order chi connectivity index (χ1) is 8.65. The number of nitrogens with zero attached hydrogens (tertiary/aromatic N) is 1. The average Bonchev–Trinajstić information content (AvgIpc) is 2.55. The molecule has 1 N–H and O–H groups in total. The van der Waals surface area contributed by atoms with Gasteiger partial charge in [0.15, 0.2) is 0 Å². The number of hydrogen-bond donors (Lipinski definition) is 1.